The van der Waals surface area contributed by atoms with E-state index >= 15 is 0 Å². The van der Waals surface area contributed by atoms with Crippen LogP contribution < -0.4 is 14.2 Å². The van der Waals surface area contributed by atoms with Gasteiger partial charge in [-0.05, 0) is 48.0 Å². The van der Waals surface area contributed by atoms with Gasteiger partial charge in [0.2, 0.25) is 6.79 Å². The zero-order valence-electron chi connectivity index (χ0n) is 15.5. The van der Waals surface area contributed by atoms with Crippen LogP contribution in [0.2, 0.25) is 0 Å². The van der Waals surface area contributed by atoms with Crippen LogP contribution in [0.5, 0.6) is 17.2 Å². The molecule has 0 atom stereocenters. The van der Waals surface area contributed by atoms with Gasteiger partial charge in [-0.2, -0.15) is 0 Å². The van der Waals surface area contributed by atoms with Gasteiger partial charge in [-0.15, -0.1) is 0 Å². The highest BCUT2D eigenvalue weighted by atomic mass is 16.7. The molecule has 0 aromatic heterocycles. The Kier molecular flexibility index (Phi) is 5.42. The summed E-state index contributed by atoms with van der Waals surface area (Å²) in [5, 5.41) is 0. The number of para-hydroxylation sites is 1. The quantitative estimate of drug-likeness (QED) is 0.448. The fourth-order valence-corrected chi connectivity index (χ4v) is 2.79. The number of ether oxygens (including phenoxy) is 4. The predicted molar refractivity (Wildman–Crippen MR) is 104 cm³/mol. The first-order chi connectivity index (χ1) is 14.2. The molecule has 146 valence electrons. The molecule has 0 fully saturated rings. The zero-order valence-corrected chi connectivity index (χ0v) is 15.5. The van der Waals surface area contributed by atoms with Crippen molar-refractivity contribution >= 4 is 11.8 Å². The molecule has 0 saturated heterocycles. The van der Waals surface area contributed by atoms with Crippen LogP contribution in [0.1, 0.15) is 26.3 Å². The Morgan fingerprint density at radius 1 is 0.828 bits per heavy atom. The minimum absolute atomic E-state index is 0.133. The van der Waals surface area contributed by atoms with E-state index in [2.05, 4.69) is 0 Å². The van der Waals surface area contributed by atoms with Crippen molar-refractivity contribution in [1.29, 1.82) is 0 Å². The number of carbonyl (C=O) groups is 2. The molecule has 0 N–H and O–H groups in total. The number of carbonyl (C=O) groups excluding carboxylic acids is 2. The molecule has 6 nitrogen and oxygen atoms in total. The molecule has 0 unspecified atom stereocenters. The average molecular weight is 390 g/mol. The lowest BCUT2D eigenvalue weighted by Crippen LogP contribution is -2.14. The molecular weight excluding hydrogens is 372 g/mol. The summed E-state index contributed by atoms with van der Waals surface area (Å²) in [5.74, 6) is 1.00. The van der Waals surface area contributed by atoms with E-state index < -0.39 is 5.97 Å². The van der Waals surface area contributed by atoms with Crippen LogP contribution in [-0.2, 0) is 11.3 Å². The van der Waals surface area contributed by atoms with Gasteiger partial charge in [0, 0.05) is 5.56 Å². The van der Waals surface area contributed by atoms with E-state index in [1.807, 2.05) is 30.3 Å². The lowest BCUT2D eigenvalue weighted by molar-refractivity contribution is 0.0474. The van der Waals surface area contributed by atoms with Crippen LogP contribution in [0.3, 0.4) is 0 Å². The molecule has 0 amide bonds. The number of Topliss-reactive ketones (excluding diaryl/α,β-unsaturated/α-hetero) is 1. The van der Waals surface area contributed by atoms with Gasteiger partial charge in [0.05, 0.1) is 5.56 Å². The van der Waals surface area contributed by atoms with Crippen LogP contribution in [0.15, 0.2) is 72.8 Å². The number of hydrogen-bond acceptors (Lipinski definition) is 6. The fraction of sp³-hybridized carbons (Fsp3) is 0.130. The first-order valence-electron chi connectivity index (χ1n) is 9.06. The van der Waals surface area contributed by atoms with Crippen molar-refractivity contribution in [2.45, 2.75) is 6.61 Å². The third-order valence-electron chi connectivity index (χ3n) is 4.37. The van der Waals surface area contributed by atoms with Crippen molar-refractivity contribution in [1.82, 2.24) is 0 Å². The summed E-state index contributed by atoms with van der Waals surface area (Å²) >= 11 is 0. The molecule has 1 aliphatic rings. The highest BCUT2D eigenvalue weighted by Gasteiger charge is 2.17. The maximum absolute atomic E-state index is 12.3. The molecule has 0 saturated carbocycles. The first kappa shape index (κ1) is 18.6. The first-order valence-corrected chi connectivity index (χ1v) is 9.06. The second-order valence-electron chi connectivity index (χ2n) is 6.37. The summed E-state index contributed by atoms with van der Waals surface area (Å²) < 4.78 is 21.3. The molecule has 0 spiro atoms. The minimum atomic E-state index is -0.561. The Bertz CT molecular complexity index is 1010. The standard InChI is InChI=1S/C23H18O6/c24-20(18-10-11-21-22(12-18)29-15-28-21)14-27-23(25)17-8-6-16(7-9-17)13-26-19-4-2-1-3-5-19/h1-12H,13-15H2. The van der Waals surface area contributed by atoms with Gasteiger partial charge in [0.15, 0.2) is 23.9 Å². The number of rotatable bonds is 7. The van der Waals surface area contributed by atoms with Crippen LogP contribution in [-0.4, -0.2) is 25.2 Å². The Morgan fingerprint density at radius 3 is 2.34 bits per heavy atom. The van der Waals surface area contributed by atoms with E-state index in [4.69, 9.17) is 18.9 Å². The summed E-state index contributed by atoms with van der Waals surface area (Å²) in [4.78, 5) is 24.5. The topological polar surface area (TPSA) is 71.1 Å². The van der Waals surface area contributed by atoms with E-state index in [1.165, 1.54) is 0 Å². The van der Waals surface area contributed by atoms with Crippen LogP contribution in [0, 0.1) is 0 Å². The summed E-state index contributed by atoms with van der Waals surface area (Å²) in [5.41, 5.74) is 1.68. The molecule has 0 bridgehead atoms. The maximum Gasteiger partial charge on any atom is 0.338 e. The molecule has 4 rings (SSSR count). The number of fused-ring (bicyclic) bond motifs is 1. The van der Waals surface area contributed by atoms with Crippen LogP contribution in [0.25, 0.3) is 0 Å². The largest absolute Gasteiger partial charge is 0.489 e. The number of benzene rings is 3. The van der Waals surface area contributed by atoms with Crippen molar-refractivity contribution < 1.29 is 28.5 Å². The Labute approximate surface area is 167 Å². The van der Waals surface area contributed by atoms with E-state index in [-0.39, 0.29) is 19.2 Å². The molecule has 1 aliphatic heterocycles. The smallest absolute Gasteiger partial charge is 0.338 e. The lowest BCUT2D eigenvalue weighted by atomic mass is 10.1. The summed E-state index contributed by atoms with van der Waals surface area (Å²) in [6.07, 6.45) is 0. The number of ketones is 1. The molecule has 29 heavy (non-hydrogen) atoms. The third-order valence-corrected chi connectivity index (χ3v) is 4.37. The van der Waals surface area contributed by atoms with Gasteiger partial charge in [0.1, 0.15) is 12.4 Å². The SMILES string of the molecule is O=C(COC(=O)c1ccc(COc2ccccc2)cc1)c1ccc2c(c1)OCO2. The summed E-state index contributed by atoms with van der Waals surface area (Å²) in [7, 11) is 0. The molecule has 0 aliphatic carbocycles. The second kappa shape index (κ2) is 8.48. The molecule has 1 heterocycles. The average Bonchev–Trinajstić information content (AvgIpc) is 3.25. The molecule has 0 radical (unpaired) electrons. The second-order valence-corrected chi connectivity index (χ2v) is 6.37. The normalized spacial score (nSPS) is 11.7. The highest BCUT2D eigenvalue weighted by molar-refractivity contribution is 5.99. The van der Waals surface area contributed by atoms with Crippen LogP contribution in [0.4, 0.5) is 0 Å². The van der Waals surface area contributed by atoms with Gasteiger partial charge in [-0.3, -0.25) is 4.79 Å². The number of hydrogen-bond donors (Lipinski definition) is 0. The fourth-order valence-electron chi connectivity index (χ4n) is 2.79. The molecule has 6 heteroatoms. The van der Waals surface area contributed by atoms with Crippen molar-refractivity contribution in [2.75, 3.05) is 13.4 Å². The van der Waals surface area contributed by atoms with Crippen molar-refractivity contribution in [2.24, 2.45) is 0 Å². The van der Waals surface area contributed by atoms with Crippen molar-refractivity contribution in [3.8, 4) is 17.2 Å². The monoisotopic (exact) mass is 390 g/mol. The molecule has 3 aromatic rings. The predicted octanol–water partition coefficient (Wildman–Crippen LogP) is 4.03. The highest BCUT2D eigenvalue weighted by Crippen LogP contribution is 2.32. The number of esters is 1. The van der Waals surface area contributed by atoms with Crippen molar-refractivity contribution in [3.63, 3.8) is 0 Å². The lowest BCUT2D eigenvalue weighted by Gasteiger charge is -2.08. The molecule has 3 aromatic carbocycles. The Hall–Kier alpha value is -3.80. The van der Waals surface area contributed by atoms with Gasteiger partial charge >= 0.3 is 5.97 Å². The Morgan fingerprint density at radius 2 is 1.55 bits per heavy atom. The van der Waals surface area contributed by atoms with E-state index in [1.54, 1.807) is 42.5 Å². The Balaban J connectivity index is 1.29. The van der Waals surface area contributed by atoms with E-state index in [0.717, 1.165) is 11.3 Å². The maximum atomic E-state index is 12.3. The molecular formula is C23H18O6. The van der Waals surface area contributed by atoms with Gasteiger partial charge < -0.3 is 18.9 Å². The van der Waals surface area contributed by atoms with Gasteiger partial charge in [-0.1, -0.05) is 30.3 Å². The van der Waals surface area contributed by atoms with E-state index in [0.29, 0.717) is 29.2 Å². The summed E-state index contributed by atoms with van der Waals surface area (Å²) in [6, 6.07) is 21.2. The third kappa shape index (κ3) is 4.55. The summed E-state index contributed by atoms with van der Waals surface area (Å²) in [6.45, 7) is 0.174. The zero-order chi connectivity index (χ0) is 20.1. The van der Waals surface area contributed by atoms with E-state index in [9.17, 15) is 9.59 Å². The van der Waals surface area contributed by atoms with Crippen molar-refractivity contribution in [3.05, 3.63) is 89.5 Å². The van der Waals surface area contributed by atoms with Crippen LogP contribution >= 0.6 is 0 Å². The minimum Gasteiger partial charge on any atom is -0.489 e. The van der Waals surface area contributed by atoms with Gasteiger partial charge in [-0.25, -0.2) is 4.79 Å². The van der Waals surface area contributed by atoms with Gasteiger partial charge in [0.25, 0.3) is 0 Å².